The van der Waals surface area contributed by atoms with Crippen molar-refractivity contribution in [3.63, 3.8) is 0 Å². The van der Waals surface area contributed by atoms with Gasteiger partial charge in [0.2, 0.25) is 11.9 Å². The fraction of sp³-hybridized carbons (Fsp3) is 0.583. The Morgan fingerprint density at radius 1 is 1.48 bits per heavy atom. The van der Waals surface area contributed by atoms with E-state index < -0.39 is 0 Å². The summed E-state index contributed by atoms with van der Waals surface area (Å²) in [6.45, 7) is 5.14. The number of amides is 1. The first kappa shape index (κ1) is 13.5. The van der Waals surface area contributed by atoms with Crippen LogP contribution >= 0.6 is 0 Å². The smallest absolute Gasteiger partial charge is 0.244 e. The zero-order valence-corrected chi connectivity index (χ0v) is 12.0. The topological polar surface area (TPSA) is 116 Å². The van der Waals surface area contributed by atoms with Crippen molar-refractivity contribution in [3.05, 3.63) is 17.3 Å². The molecule has 9 heteroatoms. The maximum Gasteiger partial charge on any atom is 0.244 e. The lowest BCUT2D eigenvalue weighted by atomic mass is 10.1. The van der Waals surface area contributed by atoms with Crippen molar-refractivity contribution in [3.8, 4) is 0 Å². The van der Waals surface area contributed by atoms with Gasteiger partial charge in [-0.25, -0.2) is 9.67 Å². The quantitative estimate of drug-likeness (QED) is 0.842. The zero-order valence-electron chi connectivity index (χ0n) is 12.0. The van der Waals surface area contributed by atoms with Crippen molar-refractivity contribution in [1.82, 2.24) is 30.1 Å². The summed E-state index contributed by atoms with van der Waals surface area (Å²) in [5, 5.41) is 10.6. The Morgan fingerprint density at radius 2 is 2.29 bits per heavy atom. The lowest BCUT2D eigenvalue weighted by Crippen LogP contribution is -2.38. The molecule has 2 N–H and O–H groups in total. The summed E-state index contributed by atoms with van der Waals surface area (Å²) in [5.41, 5.74) is 6.40. The fourth-order valence-corrected chi connectivity index (χ4v) is 2.23. The average molecular weight is 291 g/mol. The number of nitrogens with two attached hydrogens (primary N) is 1. The number of oxazole rings is 1. The zero-order chi connectivity index (χ0) is 15.0. The van der Waals surface area contributed by atoms with Crippen LogP contribution in [0.2, 0.25) is 0 Å². The molecule has 0 bridgehead atoms. The summed E-state index contributed by atoms with van der Waals surface area (Å²) in [6, 6.07) is 0. The van der Waals surface area contributed by atoms with Gasteiger partial charge in [0, 0.05) is 18.9 Å². The minimum atomic E-state index is -0.0891. The van der Waals surface area contributed by atoms with Crippen LogP contribution in [0.3, 0.4) is 0 Å². The van der Waals surface area contributed by atoms with E-state index in [0.717, 1.165) is 17.3 Å². The first-order chi connectivity index (χ1) is 10.0. The molecule has 9 nitrogen and oxygen atoms in total. The standard InChI is InChI=1S/C12H17N7O2/c1-7(2)11-14-8-5-18(4-3-9(8)21-11)10(20)6-19-12(13)15-16-17-19/h7H,3-6H2,1-2H3,(H2,13,15,17). The van der Waals surface area contributed by atoms with Crippen molar-refractivity contribution in [2.45, 2.75) is 39.3 Å². The van der Waals surface area contributed by atoms with E-state index in [1.807, 2.05) is 13.8 Å². The molecule has 0 saturated heterocycles. The van der Waals surface area contributed by atoms with E-state index in [1.165, 1.54) is 4.68 Å². The van der Waals surface area contributed by atoms with Crippen LogP contribution in [0.5, 0.6) is 0 Å². The molecule has 3 rings (SSSR count). The van der Waals surface area contributed by atoms with Gasteiger partial charge in [-0.05, 0) is 10.4 Å². The number of aromatic nitrogens is 5. The molecule has 2 aromatic heterocycles. The van der Waals surface area contributed by atoms with Gasteiger partial charge >= 0.3 is 0 Å². The molecule has 3 heterocycles. The van der Waals surface area contributed by atoms with Crippen LogP contribution in [-0.2, 0) is 24.3 Å². The second-order valence-corrected chi connectivity index (χ2v) is 5.34. The van der Waals surface area contributed by atoms with Gasteiger partial charge in [0.25, 0.3) is 0 Å². The van der Waals surface area contributed by atoms with Crippen molar-refractivity contribution in [2.75, 3.05) is 12.3 Å². The number of carbonyl (C=O) groups is 1. The van der Waals surface area contributed by atoms with Gasteiger partial charge in [-0.1, -0.05) is 18.9 Å². The van der Waals surface area contributed by atoms with Crippen molar-refractivity contribution >= 4 is 11.9 Å². The summed E-state index contributed by atoms with van der Waals surface area (Å²) >= 11 is 0. The molecule has 0 spiro atoms. The van der Waals surface area contributed by atoms with Crippen LogP contribution in [0.25, 0.3) is 0 Å². The van der Waals surface area contributed by atoms with Gasteiger partial charge in [0.15, 0.2) is 5.89 Å². The highest BCUT2D eigenvalue weighted by molar-refractivity contribution is 5.76. The number of carbonyl (C=O) groups excluding carboxylic acids is 1. The van der Waals surface area contributed by atoms with Crippen molar-refractivity contribution in [2.24, 2.45) is 0 Å². The maximum absolute atomic E-state index is 12.3. The Labute approximate surface area is 121 Å². The lowest BCUT2D eigenvalue weighted by molar-refractivity contribution is -0.133. The van der Waals surface area contributed by atoms with Gasteiger partial charge in [-0.15, -0.1) is 0 Å². The molecule has 0 aliphatic carbocycles. The van der Waals surface area contributed by atoms with E-state index in [1.54, 1.807) is 4.90 Å². The highest BCUT2D eigenvalue weighted by Crippen LogP contribution is 2.23. The molecule has 2 aromatic rings. The van der Waals surface area contributed by atoms with Gasteiger partial charge in [0.1, 0.15) is 18.0 Å². The first-order valence-electron chi connectivity index (χ1n) is 6.82. The summed E-state index contributed by atoms with van der Waals surface area (Å²) in [5.74, 6) is 1.88. The molecule has 112 valence electrons. The number of rotatable bonds is 3. The number of nitrogen functional groups attached to an aromatic ring is 1. The molecule has 0 aromatic carbocycles. The molecule has 1 aliphatic rings. The predicted molar refractivity (Wildman–Crippen MR) is 71.9 cm³/mol. The third-order valence-corrected chi connectivity index (χ3v) is 3.44. The van der Waals surface area contributed by atoms with E-state index in [9.17, 15) is 4.79 Å². The molecule has 1 amide bonds. The highest BCUT2D eigenvalue weighted by atomic mass is 16.4. The summed E-state index contributed by atoms with van der Waals surface area (Å²) in [7, 11) is 0. The number of tetrazole rings is 1. The van der Waals surface area contributed by atoms with Crippen LogP contribution in [0.4, 0.5) is 5.95 Å². The van der Waals surface area contributed by atoms with E-state index in [2.05, 4.69) is 20.5 Å². The molecular weight excluding hydrogens is 274 g/mol. The van der Waals surface area contributed by atoms with Crippen LogP contribution in [0.15, 0.2) is 4.42 Å². The molecule has 0 unspecified atom stereocenters. The molecule has 21 heavy (non-hydrogen) atoms. The minimum absolute atomic E-state index is 0.0308. The summed E-state index contributed by atoms with van der Waals surface area (Å²) in [6.07, 6.45) is 0.673. The average Bonchev–Trinajstić information content (AvgIpc) is 3.04. The number of hydrogen-bond donors (Lipinski definition) is 1. The third kappa shape index (κ3) is 2.58. The van der Waals surface area contributed by atoms with E-state index in [-0.39, 0.29) is 24.3 Å². The highest BCUT2D eigenvalue weighted by Gasteiger charge is 2.26. The second-order valence-electron chi connectivity index (χ2n) is 5.34. The van der Waals surface area contributed by atoms with Crippen LogP contribution < -0.4 is 5.73 Å². The lowest BCUT2D eigenvalue weighted by Gasteiger charge is -2.25. The third-order valence-electron chi connectivity index (χ3n) is 3.44. The molecule has 0 radical (unpaired) electrons. The number of anilines is 1. The van der Waals surface area contributed by atoms with Crippen molar-refractivity contribution < 1.29 is 9.21 Å². The van der Waals surface area contributed by atoms with Crippen LogP contribution in [-0.4, -0.2) is 42.5 Å². The second kappa shape index (κ2) is 5.15. The Morgan fingerprint density at radius 3 is 2.95 bits per heavy atom. The minimum Gasteiger partial charge on any atom is -0.445 e. The number of nitrogens with zero attached hydrogens (tertiary/aromatic N) is 6. The van der Waals surface area contributed by atoms with Gasteiger partial charge in [-0.3, -0.25) is 4.79 Å². The number of fused-ring (bicyclic) bond motifs is 1. The predicted octanol–water partition coefficient (Wildman–Crippen LogP) is -0.0484. The molecule has 0 saturated carbocycles. The Bertz CT molecular complexity index is 660. The Balaban J connectivity index is 1.71. The van der Waals surface area contributed by atoms with E-state index >= 15 is 0 Å². The van der Waals surface area contributed by atoms with E-state index in [4.69, 9.17) is 10.2 Å². The van der Waals surface area contributed by atoms with Crippen LogP contribution in [0, 0.1) is 0 Å². The van der Waals surface area contributed by atoms with Crippen LogP contribution in [0.1, 0.15) is 37.1 Å². The monoisotopic (exact) mass is 291 g/mol. The largest absolute Gasteiger partial charge is 0.445 e. The van der Waals surface area contributed by atoms with Gasteiger partial charge in [0.05, 0.1) is 6.54 Å². The molecular formula is C12H17N7O2. The molecule has 1 aliphatic heterocycles. The normalized spacial score (nSPS) is 14.5. The van der Waals surface area contributed by atoms with Crippen molar-refractivity contribution in [1.29, 1.82) is 0 Å². The number of hydrogen-bond acceptors (Lipinski definition) is 7. The van der Waals surface area contributed by atoms with E-state index in [0.29, 0.717) is 19.5 Å². The van der Waals surface area contributed by atoms with Gasteiger partial charge < -0.3 is 15.1 Å². The SMILES string of the molecule is CC(C)c1nc2c(o1)CCN(C(=O)Cn1nnnc1N)C2. The fourth-order valence-electron chi connectivity index (χ4n) is 2.23. The summed E-state index contributed by atoms with van der Waals surface area (Å²) in [4.78, 5) is 18.4. The molecule has 0 fully saturated rings. The first-order valence-corrected chi connectivity index (χ1v) is 6.82. The Hall–Kier alpha value is -2.45. The summed E-state index contributed by atoms with van der Waals surface area (Å²) < 4.78 is 6.99. The Kier molecular flexibility index (Phi) is 3.32. The molecule has 0 atom stereocenters. The van der Waals surface area contributed by atoms with Gasteiger partial charge in [-0.2, -0.15) is 0 Å². The maximum atomic E-state index is 12.3.